The van der Waals surface area contributed by atoms with Crippen LogP contribution in [0, 0.1) is 0 Å². The van der Waals surface area contributed by atoms with E-state index in [1.807, 2.05) is 13.8 Å². The SMILES string of the molecule is C=CCN1C(=O)C(CCC(=O)O)NCC1(C)C. The number of hydrogen-bond donors (Lipinski definition) is 2. The van der Waals surface area contributed by atoms with Gasteiger partial charge in [0, 0.05) is 19.5 Å². The molecule has 1 rings (SSSR count). The van der Waals surface area contributed by atoms with Crippen LogP contribution < -0.4 is 5.32 Å². The van der Waals surface area contributed by atoms with Gasteiger partial charge in [0.1, 0.15) is 0 Å². The van der Waals surface area contributed by atoms with E-state index in [0.717, 1.165) is 0 Å². The van der Waals surface area contributed by atoms with Gasteiger partial charge in [-0.25, -0.2) is 0 Å². The molecule has 1 saturated heterocycles. The van der Waals surface area contributed by atoms with E-state index in [0.29, 0.717) is 19.5 Å². The fraction of sp³-hybridized carbons (Fsp3) is 0.667. The highest BCUT2D eigenvalue weighted by atomic mass is 16.4. The van der Waals surface area contributed by atoms with Gasteiger partial charge in [-0.1, -0.05) is 6.08 Å². The van der Waals surface area contributed by atoms with Crippen LogP contribution in [-0.2, 0) is 9.59 Å². The number of carboxylic acids is 1. The van der Waals surface area contributed by atoms with Crippen molar-refractivity contribution in [3.63, 3.8) is 0 Å². The van der Waals surface area contributed by atoms with Crippen LogP contribution in [0.2, 0.25) is 0 Å². The zero-order chi connectivity index (χ0) is 13.1. The Labute approximate surface area is 101 Å². The lowest BCUT2D eigenvalue weighted by Crippen LogP contribution is -2.65. The number of aliphatic carboxylic acids is 1. The van der Waals surface area contributed by atoms with Crippen molar-refractivity contribution in [3.05, 3.63) is 12.7 Å². The molecule has 0 aromatic rings. The summed E-state index contributed by atoms with van der Waals surface area (Å²) >= 11 is 0. The van der Waals surface area contributed by atoms with Gasteiger partial charge in [-0.2, -0.15) is 0 Å². The van der Waals surface area contributed by atoms with Crippen LogP contribution >= 0.6 is 0 Å². The van der Waals surface area contributed by atoms with E-state index in [2.05, 4.69) is 11.9 Å². The molecule has 0 saturated carbocycles. The molecule has 0 aromatic carbocycles. The van der Waals surface area contributed by atoms with Gasteiger partial charge >= 0.3 is 5.97 Å². The number of hydrogen-bond acceptors (Lipinski definition) is 3. The van der Waals surface area contributed by atoms with Crippen LogP contribution in [0.4, 0.5) is 0 Å². The standard InChI is InChI=1S/C12H20N2O3/c1-4-7-14-11(17)9(5-6-10(15)16)13-8-12(14,2)3/h4,9,13H,1,5-8H2,2-3H3,(H,15,16). The molecule has 0 radical (unpaired) electrons. The van der Waals surface area contributed by atoms with E-state index in [9.17, 15) is 9.59 Å². The summed E-state index contributed by atoms with van der Waals surface area (Å²) in [6.07, 6.45) is 2.03. The second-order valence-electron chi connectivity index (χ2n) is 4.92. The van der Waals surface area contributed by atoms with E-state index >= 15 is 0 Å². The second-order valence-corrected chi connectivity index (χ2v) is 4.92. The van der Waals surface area contributed by atoms with Gasteiger partial charge in [0.15, 0.2) is 0 Å². The van der Waals surface area contributed by atoms with Gasteiger partial charge in [-0.3, -0.25) is 9.59 Å². The van der Waals surface area contributed by atoms with Gasteiger partial charge in [0.25, 0.3) is 0 Å². The first-order valence-corrected chi connectivity index (χ1v) is 5.76. The predicted molar refractivity (Wildman–Crippen MR) is 64.6 cm³/mol. The third-order valence-electron chi connectivity index (χ3n) is 3.03. The molecule has 1 unspecified atom stereocenters. The van der Waals surface area contributed by atoms with Crippen LogP contribution in [0.1, 0.15) is 26.7 Å². The minimum Gasteiger partial charge on any atom is -0.481 e. The fourth-order valence-corrected chi connectivity index (χ4v) is 2.00. The zero-order valence-electron chi connectivity index (χ0n) is 10.4. The quantitative estimate of drug-likeness (QED) is 0.691. The van der Waals surface area contributed by atoms with E-state index in [1.165, 1.54) is 0 Å². The van der Waals surface area contributed by atoms with Gasteiger partial charge < -0.3 is 15.3 Å². The van der Waals surface area contributed by atoms with Crippen LogP contribution in [0.3, 0.4) is 0 Å². The topological polar surface area (TPSA) is 69.6 Å². The number of nitrogens with one attached hydrogen (secondary N) is 1. The van der Waals surface area contributed by atoms with Gasteiger partial charge in [0.05, 0.1) is 11.6 Å². The van der Waals surface area contributed by atoms with Gasteiger partial charge in [-0.05, 0) is 20.3 Å². The summed E-state index contributed by atoms with van der Waals surface area (Å²) in [5.74, 6) is -0.915. The highest BCUT2D eigenvalue weighted by molar-refractivity contribution is 5.84. The lowest BCUT2D eigenvalue weighted by molar-refractivity contribution is -0.143. The molecule has 1 aliphatic heterocycles. The summed E-state index contributed by atoms with van der Waals surface area (Å²) in [4.78, 5) is 24.4. The molecule has 96 valence electrons. The Hall–Kier alpha value is -1.36. The number of rotatable bonds is 5. The Morgan fingerprint density at radius 2 is 2.35 bits per heavy atom. The Balaban J connectivity index is 2.70. The maximum absolute atomic E-state index is 12.2. The molecule has 0 aliphatic carbocycles. The predicted octanol–water partition coefficient (Wildman–Crippen LogP) is 0.616. The maximum Gasteiger partial charge on any atom is 0.303 e. The summed E-state index contributed by atoms with van der Waals surface area (Å²) in [5.41, 5.74) is -0.259. The third kappa shape index (κ3) is 3.30. The van der Waals surface area contributed by atoms with Crippen LogP contribution in [-0.4, -0.2) is 46.6 Å². The van der Waals surface area contributed by atoms with Crippen molar-refractivity contribution in [1.82, 2.24) is 10.2 Å². The summed E-state index contributed by atoms with van der Waals surface area (Å²) in [7, 11) is 0. The third-order valence-corrected chi connectivity index (χ3v) is 3.03. The molecule has 2 N–H and O–H groups in total. The molecule has 1 aliphatic rings. The maximum atomic E-state index is 12.2. The Morgan fingerprint density at radius 1 is 1.71 bits per heavy atom. The van der Waals surface area contributed by atoms with Crippen LogP contribution in [0.15, 0.2) is 12.7 Å². The first-order chi connectivity index (χ1) is 7.88. The highest BCUT2D eigenvalue weighted by Gasteiger charge is 2.39. The number of piperazine rings is 1. The number of carboxylic acid groups (broad SMARTS) is 1. The lowest BCUT2D eigenvalue weighted by Gasteiger charge is -2.45. The number of nitrogens with zero attached hydrogens (tertiary/aromatic N) is 1. The van der Waals surface area contributed by atoms with Gasteiger partial charge in [-0.15, -0.1) is 6.58 Å². The van der Waals surface area contributed by atoms with Crippen molar-refractivity contribution in [1.29, 1.82) is 0 Å². The van der Waals surface area contributed by atoms with Crippen molar-refractivity contribution in [2.75, 3.05) is 13.1 Å². The lowest BCUT2D eigenvalue weighted by atomic mass is 9.95. The first kappa shape index (κ1) is 13.7. The average Bonchev–Trinajstić information content (AvgIpc) is 2.23. The summed E-state index contributed by atoms with van der Waals surface area (Å²) in [6.45, 7) is 8.77. The van der Waals surface area contributed by atoms with Crippen LogP contribution in [0.25, 0.3) is 0 Å². The normalized spacial score (nSPS) is 23.5. The van der Waals surface area contributed by atoms with E-state index in [4.69, 9.17) is 5.11 Å². The summed E-state index contributed by atoms with van der Waals surface area (Å²) < 4.78 is 0. The molecule has 17 heavy (non-hydrogen) atoms. The van der Waals surface area contributed by atoms with E-state index in [1.54, 1.807) is 11.0 Å². The zero-order valence-corrected chi connectivity index (χ0v) is 10.4. The van der Waals surface area contributed by atoms with Crippen molar-refractivity contribution in [3.8, 4) is 0 Å². The largest absolute Gasteiger partial charge is 0.481 e. The molecular formula is C12H20N2O3. The molecule has 1 fully saturated rings. The van der Waals surface area contributed by atoms with Gasteiger partial charge in [0.2, 0.25) is 5.91 Å². The summed E-state index contributed by atoms with van der Waals surface area (Å²) in [5, 5.41) is 11.7. The molecule has 5 heteroatoms. The molecule has 1 atom stereocenters. The smallest absolute Gasteiger partial charge is 0.303 e. The van der Waals surface area contributed by atoms with E-state index in [-0.39, 0.29) is 23.9 Å². The molecule has 1 heterocycles. The van der Waals surface area contributed by atoms with Crippen molar-refractivity contribution in [2.45, 2.75) is 38.3 Å². The molecular weight excluding hydrogens is 220 g/mol. The number of carbonyl (C=O) groups is 2. The van der Waals surface area contributed by atoms with Crippen LogP contribution in [0.5, 0.6) is 0 Å². The first-order valence-electron chi connectivity index (χ1n) is 5.76. The van der Waals surface area contributed by atoms with Crippen molar-refractivity contribution >= 4 is 11.9 Å². The minimum atomic E-state index is -0.875. The molecule has 0 spiro atoms. The second kappa shape index (κ2) is 5.31. The fourth-order valence-electron chi connectivity index (χ4n) is 2.00. The van der Waals surface area contributed by atoms with Crippen molar-refractivity contribution < 1.29 is 14.7 Å². The average molecular weight is 240 g/mol. The molecule has 1 amide bonds. The molecule has 5 nitrogen and oxygen atoms in total. The number of amides is 1. The van der Waals surface area contributed by atoms with Crippen molar-refractivity contribution in [2.24, 2.45) is 0 Å². The monoisotopic (exact) mass is 240 g/mol. The summed E-state index contributed by atoms with van der Waals surface area (Å²) in [6, 6.07) is -0.390. The van der Waals surface area contributed by atoms with E-state index < -0.39 is 5.97 Å². The minimum absolute atomic E-state index is 0.00572. The Bertz CT molecular complexity index is 326. The Kier molecular flexibility index (Phi) is 4.28. The highest BCUT2D eigenvalue weighted by Crippen LogP contribution is 2.21. The number of carbonyl (C=O) groups excluding carboxylic acids is 1. The Morgan fingerprint density at radius 3 is 2.88 bits per heavy atom. The molecule has 0 aromatic heterocycles. The molecule has 0 bridgehead atoms.